The number of hydrogen-bond acceptors (Lipinski definition) is 3. The Morgan fingerprint density at radius 3 is 2.14 bits per heavy atom. The number of carboxylic acid groups (broad SMARTS) is 1. The Labute approximate surface area is 166 Å². The van der Waals surface area contributed by atoms with Gasteiger partial charge in [-0.15, -0.1) is 11.3 Å². The summed E-state index contributed by atoms with van der Waals surface area (Å²) in [7, 11) is 0. The maximum absolute atomic E-state index is 13.2. The van der Waals surface area contributed by atoms with Crippen molar-refractivity contribution in [2.75, 3.05) is 5.32 Å². The Hall–Kier alpha value is -2.99. The van der Waals surface area contributed by atoms with E-state index in [0.29, 0.717) is 16.7 Å². The van der Waals surface area contributed by atoms with E-state index in [2.05, 4.69) is 26.1 Å². The molecule has 0 aliphatic rings. The maximum atomic E-state index is 13.2. The minimum atomic E-state index is -1.15. The maximum Gasteiger partial charge on any atom is 0.339 e. The van der Waals surface area contributed by atoms with Gasteiger partial charge in [0.25, 0.3) is 5.91 Å². The van der Waals surface area contributed by atoms with Crippen LogP contribution in [0.5, 0.6) is 0 Å². The first-order chi connectivity index (χ1) is 13.2. The summed E-state index contributed by atoms with van der Waals surface area (Å²) in [5.41, 5.74) is 2.53. The first-order valence-electron chi connectivity index (χ1n) is 8.69. The molecule has 0 aliphatic heterocycles. The van der Waals surface area contributed by atoms with Crippen LogP contribution in [0.4, 0.5) is 9.39 Å². The van der Waals surface area contributed by atoms with Crippen LogP contribution in [0.25, 0.3) is 11.1 Å². The summed E-state index contributed by atoms with van der Waals surface area (Å²) in [6.07, 6.45) is 0. The third-order valence-electron chi connectivity index (χ3n) is 4.40. The second kappa shape index (κ2) is 7.56. The van der Waals surface area contributed by atoms with Gasteiger partial charge in [0, 0.05) is 16.5 Å². The molecule has 2 aromatic carbocycles. The summed E-state index contributed by atoms with van der Waals surface area (Å²) in [6, 6.07) is 12.8. The highest BCUT2D eigenvalue weighted by molar-refractivity contribution is 7.15. The number of benzene rings is 2. The van der Waals surface area contributed by atoms with Gasteiger partial charge in [-0.1, -0.05) is 45.0 Å². The van der Waals surface area contributed by atoms with E-state index in [0.717, 1.165) is 16.9 Å². The first kappa shape index (κ1) is 19.8. The van der Waals surface area contributed by atoms with Crippen LogP contribution < -0.4 is 5.32 Å². The molecule has 0 saturated carbocycles. The van der Waals surface area contributed by atoms with Crippen molar-refractivity contribution >= 4 is 28.2 Å². The molecule has 0 bridgehead atoms. The lowest BCUT2D eigenvalue weighted by molar-refractivity contribution is 0.0699. The SMILES string of the molecule is CC(C)(C)c1ccc(C(=O)Nc2scc(-c3ccc(F)cc3)c2C(=O)O)cc1. The molecule has 0 spiro atoms. The van der Waals surface area contributed by atoms with Crippen molar-refractivity contribution in [3.8, 4) is 11.1 Å². The van der Waals surface area contributed by atoms with Crippen LogP contribution in [-0.4, -0.2) is 17.0 Å². The lowest BCUT2D eigenvalue weighted by Gasteiger charge is -2.19. The van der Waals surface area contributed by atoms with Crippen LogP contribution in [0.2, 0.25) is 0 Å². The fraction of sp³-hybridized carbons (Fsp3) is 0.182. The van der Waals surface area contributed by atoms with E-state index in [4.69, 9.17) is 0 Å². The lowest BCUT2D eigenvalue weighted by atomic mass is 9.87. The molecule has 6 heteroatoms. The fourth-order valence-electron chi connectivity index (χ4n) is 2.80. The minimum absolute atomic E-state index is 0.00345. The zero-order valence-electron chi connectivity index (χ0n) is 15.7. The predicted octanol–water partition coefficient (Wildman–Crippen LogP) is 5.80. The zero-order valence-corrected chi connectivity index (χ0v) is 16.6. The number of halogens is 1. The average Bonchev–Trinajstić information content (AvgIpc) is 3.05. The van der Waals surface area contributed by atoms with E-state index in [1.54, 1.807) is 17.5 Å². The molecule has 0 unspecified atom stereocenters. The lowest BCUT2D eigenvalue weighted by Crippen LogP contribution is -2.15. The van der Waals surface area contributed by atoms with Crippen molar-refractivity contribution in [3.05, 3.63) is 76.4 Å². The molecule has 1 heterocycles. The standard InChI is InChI=1S/C22H20FNO3S/c1-22(2,3)15-8-4-14(5-9-15)19(25)24-20-18(21(26)27)17(12-28-20)13-6-10-16(23)11-7-13/h4-12H,1-3H3,(H,24,25)(H,26,27). The Bertz CT molecular complexity index is 1020. The normalized spacial score (nSPS) is 11.3. The molecule has 28 heavy (non-hydrogen) atoms. The van der Waals surface area contributed by atoms with Crippen molar-refractivity contribution in [1.82, 2.24) is 0 Å². The summed E-state index contributed by atoms with van der Waals surface area (Å²) in [4.78, 5) is 24.4. The summed E-state index contributed by atoms with van der Waals surface area (Å²) in [6.45, 7) is 6.26. The third-order valence-corrected chi connectivity index (χ3v) is 5.30. The largest absolute Gasteiger partial charge is 0.478 e. The van der Waals surface area contributed by atoms with E-state index in [1.807, 2.05) is 12.1 Å². The van der Waals surface area contributed by atoms with Crippen molar-refractivity contribution in [3.63, 3.8) is 0 Å². The highest BCUT2D eigenvalue weighted by atomic mass is 32.1. The molecule has 3 aromatic rings. The number of thiophene rings is 1. The number of anilines is 1. The molecule has 0 fully saturated rings. The molecular weight excluding hydrogens is 377 g/mol. The Kier molecular flexibility index (Phi) is 5.34. The van der Waals surface area contributed by atoms with Crippen molar-refractivity contribution < 1.29 is 19.1 Å². The van der Waals surface area contributed by atoms with E-state index in [1.165, 1.54) is 24.3 Å². The second-order valence-electron chi connectivity index (χ2n) is 7.45. The van der Waals surface area contributed by atoms with Crippen LogP contribution in [-0.2, 0) is 5.41 Å². The van der Waals surface area contributed by atoms with Gasteiger partial charge < -0.3 is 10.4 Å². The zero-order chi connectivity index (χ0) is 20.5. The quantitative estimate of drug-likeness (QED) is 0.584. The monoisotopic (exact) mass is 397 g/mol. The number of hydrogen-bond donors (Lipinski definition) is 2. The summed E-state index contributed by atoms with van der Waals surface area (Å²) >= 11 is 1.13. The Morgan fingerprint density at radius 1 is 1.00 bits per heavy atom. The molecule has 0 aliphatic carbocycles. The molecule has 0 radical (unpaired) electrons. The molecule has 0 saturated heterocycles. The highest BCUT2D eigenvalue weighted by Gasteiger charge is 2.22. The van der Waals surface area contributed by atoms with E-state index in [-0.39, 0.29) is 21.9 Å². The number of nitrogens with one attached hydrogen (secondary N) is 1. The van der Waals surface area contributed by atoms with Crippen LogP contribution >= 0.6 is 11.3 Å². The Morgan fingerprint density at radius 2 is 1.61 bits per heavy atom. The van der Waals surface area contributed by atoms with Crippen molar-refractivity contribution in [1.29, 1.82) is 0 Å². The number of carbonyl (C=O) groups is 2. The Balaban J connectivity index is 1.89. The van der Waals surface area contributed by atoms with Crippen molar-refractivity contribution in [2.24, 2.45) is 0 Å². The molecule has 4 nitrogen and oxygen atoms in total. The molecule has 1 aromatic heterocycles. The molecule has 0 atom stereocenters. The molecule has 2 N–H and O–H groups in total. The topological polar surface area (TPSA) is 66.4 Å². The summed E-state index contributed by atoms with van der Waals surface area (Å²) < 4.78 is 13.2. The van der Waals surface area contributed by atoms with Crippen molar-refractivity contribution in [2.45, 2.75) is 26.2 Å². The number of amides is 1. The molecule has 144 valence electrons. The average molecular weight is 397 g/mol. The number of carboxylic acids is 1. The number of rotatable bonds is 4. The van der Waals surface area contributed by atoms with Crippen LogP contribution in [0, 0.1) is 5.82 Å². The van der Waals surface area contributed by atoms with Crippen LogP contribution in [0.15, 0.2) is 53.9 Å². The third kappa shape index (κ3) is 4.12. The van der Waals surface area contributed by atoms with Gasteiger partial charge >= 0.3 is 5.97 Å². The van der Waals surface area contributed by atoms with Gasteiger partial charge in [-0.05, 0) is 40.8 Å². The van der Waals surface area contributed by atoms with Gasteiger partial charge in [0.1, 0.15) is 16.4 Å². The molecule has 1 amide bonds. The van der Waals surface area contributed by atoms with Gasteiger partial charge in [0.2, 0.25) is 0 Å². The van der Waals surface area contributed by atoms with Gasteiger partial charge in [-0.2, -0.15) is 0 Å². The van der Waals surface area contributed by atoms with E-state index in [9.17, 15) is 19.1 Å². The van der Waals surface area contributed by atoms with E-state index >= 15 is 0 Å². The van der Waals surface area contributed by atoms with Gasteiger partial charge in [-0.3, -0.25) is 4.79 Å². The second-order valence-corrected chi connectivity index (χ2v) is 8.33. The fourth-order valence-corrected chi connectivity index (χ4v) is 3.76. The number of carbonyl (C=O) groups excluding carboxylic acids is 1. The molecular formula is C22H20FNO3S. The molecule has 3 rings (SSSR count). The summed E-state index contributed by atoms with van der Waals surface area (Å²) in [5.74, 6) is -1.93. The minimum Gasteiger partial charge on any atom is -0.478 e. The predicted molar refractivity (Wildman–Crippen MR) is 110 cm³/mol. The number of aromatic carboxylic acids is 1. The van der Waals surface area contributed by atoms with Gasteiger partial charge in [0.05, 0.1) is 0 Å². The van der Waals surface area contributed by atoms with Crippen LogP contribution in [0.3, 0.4) is 0 Å². The highest BCUT2D eigenvalue weighted by Crippen LogP contribution is 2.36. The van der Waals surface area contributed by atoms with E-state index < -0.39 is 11.8 Å². The van der Waals surface area contributed by atoms with Gasteiger partial charge in [0.15, 0.2) is 0 Å². The van der Waals surface area contributed by atoms with Crippen LogP contribution in [0.1, 0.15) is 47.1 Å². The smallest absolute Gasteiger partial charge is 0.339 e. The van der Waals surface area contributed by atoms with Gasteiger partial charge in [-0.25, -0.2) is 9.18 Å². The summed E-state index contributed by atoms with van der Waals surface area (Å²) in [5, 5.41) is 14.2. The first-order valence-corrected chi connectivity index (χ1v) is 9.57.